The second-order valence-electron chi connectivity index (χ2n) is 5.63. The number of carbonyl (C=O) groups is 2. The summed E-state index contributed by atoms with van der Waals surface area (Å²) in [6.07, 6.45) is 1.30. The van der Waals surface area contributed by atoms with Gasteiger partial charge < -0.3 is 10.0 Å². The lowest BCUT2D eigenvalue weighted by molar-refractivity contribution is -0.141. The van der Waals surface area contributed by atoms with E-state index in [2.05, 4.69) is 6.07 Å². The molecule has 1 aromatic carbocycles. The van der Waals surface area contributed by atoms with E-state index < -0.39 is 12.0 Å². The molecule has 20 heavy (non-hydrogen) atoms. The molecule has 0 bridgehead atoms. The second kappa shape index (κ2) is 5.27. The number of hydrogen-bond acceptors (Lipinski definition) is 2. The number of nitrogens with zero attached hydrogens (tertiary/aromatic N) is 1. The van der Waals surface area contributed by atoms with Crippen LogP contribution in [0.4, 0.5) is 0 Å². The van der Waals surface area contributed by atoms with Crippen LogP contribution in [0.2, 0.25) is 0 Å². The predicted octanol–water partition coefficient (Wildman–Crippen LogP) is 2.61. The summed E-state index contributed by atoms with van der Waals surface area (Å²) in [5.74, 6) is -1.05. The standard InChI is InChI=1S/C16H21NO3/c1-9-8-10(2)12(4)14(11(9)3)15(18)17-7-5-6-13(17)16(19)20/h8,13H,5-7H2,1-4H3,(H,19,20). The highest BCUT2D eigenvalue weighted by Crippen LogP contribution is 2.27. The fraction of sp³-hybridized carbons (Fsp3) is 0.500. The highest BCUT2D eigenvalue weighted by Gasteiger charge is 2.35. The number of aryl methyl sites for hydroxylation is 2. The van der Waals surface area contributed by atoms with E-state index in [0.717, 1.165) is 28.7 Å². The molecule has 1 unspecified atom stereocenters. The van der Waals surface area contributed by atoms with Crippen molar-refractivity contribution < 1.29 is 14.7 Å². The van der Waals surface area contributed by atoms with Crippen LogP contribution in [-0.2, 0) is 4.79 Å². The van der Waals surface area contributed by atoms with Gasteiger partial charge in [0.1, 0.15) is 6.04 Å². The monoisotopic (exact) mass is 275 g/mol. The van der Waals surface area contributed by atoms with E-state index in [-0.39, 0.29) is 5.91 Å². The Morgan fingerprint density at radius 1 is 1.15 bits per heavy atom. The summed E-state index contributed by atoms with van der Waals surface area (Å²) in [6.45, 7) is 8.36. The first kappa shape index (κ1) is 14.6. The van der Waals surface area contributed by atoms with Gasteiger partial charge in [-0.25, -0.2) is 4.79 Å². The number of likely N-dealkylation sites (tertiary alicyclic amines) is 1. The highest BCUT2D eigenvalue weighted by atomic mass is 16.4. The molecule has 1 aliphatic heterocycles. The molecular formula is C16H21NO3. The quantitative estimate of drug-likeness (QED) is 0.902. The summed E-state index contributed by atoms with van der Waals surface area (Å²) in [4.78, 5) is 25.5. The fourth-order valence-electron chi connectivity index (χ4n) is 2.95. The predicted molar refractivity (Wildman–Crippen MR) is 77.1 cm³/mol. The molecule has 0 aliphatic carbocycles. The molecule has 108 valence electrons. The molecule has 0 radical (unpaired) electrons. The average molecular weight is 275 g/mol. The number of carboxylic acids is 1. The molecule has 0 spiro atoms. The van der Waals surface area contributed by atoms with Gasteiger partial charge in [-0.05, 0) is 62.8 Å². The van der Waals surface area contributed by atoms with Crippen molar-refractivity contribution in [2.24, 2.45) is 0 Å². The van der Waals surface area contributed by atoms with Crippen LogP contribution < -0.4 is 0 Å². The van der Waals surface area contributed by atoms with Crippen molar-refractivity contribution in [2.75, 3.05) is 6.54 Å². The zero-order valence-corrected chi connectivity index (χ0v) is 12.5. The summed E-state index contributed by atoms with van der Waals surface area (Å²) in [5.41, 5.74) is 4.73. The Balaban J connectivity index is 2.46. The number of rotatable bonds is 2. The van der Waals surface area contributed by atoms with Crippen LogP contribution in [0.25, 0.3) is 0 Å². The van der Waals surface area contributed by atoms with Crippen molar-refractivity contribution in [1.29, 1.82) is 0 Å². The van der Waals surface area contributed by atoms with Crippen molar-refractivity contribution in [2.45, 2.75) is 46.6 Å². The number of benzene rings is 1. The van der Waals surface area contributed by atoms with Crippen LogP contribution in [0.5, 0.6) is 0 Å². The molecule has 1 saturated heterocycles. The zero-order valence-electron chi connectivity index (χ0n) is 12.5. The van der Waals surface area contributed by atoms with Crippen LogP contribution in [0, 0.1) is 27.7 Å². The molecule has 1 fully saturated rings. The third-order valence-electron chi connectivity index (χ3n) is 4.38. The van der Waals surface area contributed by atoms with Crippen LogP contribution >= 0.6 is 0 Å². The molecule has 2 rings (SSSR count). The number of amides is 1. The summed E-state index contributed by atoms with van der Waals surface area (Å²) in [5, 5.41) is 9.23. The smallest absolute Gasteiger partial charge is 0.326 e. The van der Waals surface area contributed by atoms with Gasteiger partial charge in [0.05, 0.1) is 0 Å². The molecule has 0 saturated carbocycles. The van der Waals surface area contributed by atoms with Gasteiger partial charge in [0.15, 0.2) is 0 Å². The van der Waals surface area contributed by atoms with E-state index in [4.69, 9.17) is 0 Å². The Labute approximate surface area is 119 Å². The maximum absolute atomic E-state index is 12.8. The minimum Gasteiger partial charge on any atom is -0.480 e. The molecule has 1 aromatic rings. The summed E-state index contributed by atoms with van der Waals surface area (Å²) < 4.78 is 0. The van der Waals surface area contributed by atoms with Gasteiger partial charge in [-0.3, -0.25) is 4.79 Å². The molecule has 1 amide bonds. The van der Waals surface area contributed by atoms with Gasteiger partial charge in [0, 0.05) is 12.1 Å². The van der Waals surface area contributed by atoms with Crippen molar-refractivity contribution >= 4 is 11.9 Å². The van der Waals surface area contributed by atoms with Crippen molar-refractivity contribution in [3.8, 4) is 0 Å². The Morgan fingerprint density at radius 3 is 2.20 bits per heavy atom. The van der Waals surface area contributed by atoms with Crippen molar-refractivity contribution in [3.63, 3.8) is 0 Å². The molecular weight excluding hydrogens is 254 g/mol. The lowest BCUT2D eigenvalue weighted by atomic mass is 9.93. The van der Waals surface area contributed by atoms with Gasteiger partial charge in [0.2, 0.25) is 0 Å². The second-order valence-corrected chi connectivity index (χ2v) is 5.63. The minimum absolute atomic E-state index is 0.142. The van der Waals surface area contributed by atoms with Crippen LogP contribution in [0.15, 0.2) is 6.07 Å². The zero-order chi connectivity index (χ0) is 15.0. The maximum Gasteiger partial charge on any atom is 0.326 e. The average Bonchev–Trinajstić information content (AvgIpc) is 2.86. The van der Waals surface area contributed by atoms with E-state index >= 15 is 0 Å². The Morgan fingerprint density at radius 2 is 1.70 bits per heavy atom. The van der Waals surface area contributed by atoms with E-state index in [9.17, 15) is 14.7 Å². The van der Waals surface area contributed by atoms with E-state index in [1.807, 2.05) is 27.7 Å². The van der Waals surface area contributed by atoms with Crippen LogP contribution in [0.1, 0.15) is 45.5 Å². The SMILES string of the molecule is Cc1cc(C)c(C)c(C(=O)N2CCCC2C(=O)O)c1C. The van der Waals surface area contributed by atoms with Crippen molar-refractivity contribution in [3.05, 3.63) is 33.9 Å². The third kappa shape index (κ3) is 2.30. The number of aliphatic carboxylic acids is 1. The first-order valence-corrected chi connectivity index (χ1v) is 6.95. The lowest BCUT2D eigenvalue weighted by Gasteiger charge is -2.24. The molecule has 0 aromatic heterocycles. The largest absolute Gasteiger partial charge is 0.480 e. The normalized spacial score (nSPS) is 18.4. The highest BCUT2D eigenvalue weighted by molar-refractivity contribution is 6.00. The van der Waals surface area contributed by atoms with Gasteiger partial charge in [-0.2, -0.15) is 0 Å². The maximum atomic E-state index is 12.8. The van der Waals surface area contributed by atoms with Gasteiger partial charge in [-0.1, -0.05) is 6.07 Å². The topological polar surface area (TPSA) is 57.6 Å². The summed E-state index contributed by atoms with van der Waals surface area (Å²) in [6, 6.07) is 1.39. The first-order valence-electron chi connectivity index (χ1n) is 6.95. The van der Waals surface area contributed by atoms with Gasteiger partial charge >= 0.3 is 5.97 Å². The summed E-state index contributed by atoms with van der Waals surface area (Å²) in [7, 11) is 0. The van der Waals surface area contributed by atoms with Crippen LogP contribution in [0.3, 0.4) is 0 Å². The third-order valence-corrected chi connectivity index (χ3v) is 4.38. The molecule has 1 atom stereocenters. The van der Waals surface area contributed by atoms with Gasteiger partial charge in [-0.15, -0.1) is 0 Å². The Hall–Kier alpha value is -1.84. The van der Waals surface area contributed by atoms with E-state index in [1.165, 1.54) is 4.90 Å². The van der Waals surface area contributed by atoms with Gasteiger partial charge in [0.25, 0.3) is 5.91 Å². The lowest BCUT2D eigenvalue weighted by Crippen LogP contribution is -2.41. The van der Waals surface area contributed by atoms with Crippen molar-refractivity contribution in [1.82, 2.24) is 4.90 Å². The molecule has 4 heteroatoms. The Bertz CT molecular complexity index is 551. The molecule has 1 aliphatic rings. The Kier molecular flexibility index (Phi) is 3.84. The first-order chi connectivity index (χ1) is 9.34. The number of carbonyl (C=O) groups excluding carboxylic acids is 1. The molecule has 1 N–H and O–H groups in total. The number of hydrogen-bond donors (Lipinski definition) is 1. The fourth-order valence-corrected chi connectivity index (χ4v) is 2.95. The molecule has 1 heterocycles. The van der Waals surface area contributed by atoms with E-state index in [0.29, 0.717) is 18.5 Å². The molecule has 4 nitrogen and oxygen atoms in total. The van der Waals surface area contributed by atoms with Crippen LogP contribution in [-0.4, -0.2) is 34.5 Å². The summed E-state index contributed by atoms with van der Waals surface area (Å²) >= 11 is 0. The van der Waals surface area contributed by atoms with E-state index in [1.54, 1.807) is 0 Å². The number of carboxylic acid groups (broad SMARTS) is 1. The minimum atomic E-state index is -0.907.